The zero-order chi connectivity index (χ0) is 34.8. The predicted molar refractivity (Wildman–Crippen MR) is 204 cm³/mol. The Kier molecular flexibility index (Phi) is 9.37. The second-order valence-corrected chi connectivity index (χ2v) is 19.4. The fourth-order valence-electron chi connectivity index (χ4n) is 14.4. The zero-order valence-electron chi connectivity index (χ0n) is 32.0. The van der Waals surface area contributed by atoms with Crippen LogP contribution in [-0.2, 0) is 0 Å². The second kappa shape index (κ2) is 12.9. The Morgan fingerprint density at radius 3 is 2.33 bits per heavy atom. The summed E-state index contributed by atoms with van der Waals surface area (Å²) in [5, 5.41) is 13.6. The lowest BCUT2D eigenvalue weighted by atomic mass is 9.32. The summed E-state index contributed by atoms with van der Waals surface area (Å²) in [5.41, 5.74) is 5.94. The van der Waals surface area contributed by atoms with Crippen molar-refractivity contribution in [3.63, 3.8) is 0 Å². The molecule has 9 atom stereocenters. The molecule has 0 unspecified atom stereocenters. The Morgan fingerprint density at radius 2 is 1.63 bits per heavy atom. The molecule has 5 aliphatic carbocycles. The van der Waals surface area contributed by atoms with Crippen LogP contribution >= 0.6 is 0 Å². The van der Waals surface area contributed by atoms with Gasteiger partial charge < -0.3 is 15.3 Å². The molecule has 0 aromatic heterocycles. The smallest absolute Gasteiger partial charge is 0.335 e. The maximum Gasteiger partial charge on any atom is 0.335 e. The third-order valence-corrected chi connectivity index (χ3v) is 17.0. The van der Waals surface area contributed by atoms with Crippen molar-refractivity contribution < 1.29 is 9.90 Å². The number of aromatic carboxylic acids is 1. The molecule has 0 bridgehead atoms. The summed E-state index contributed by atoms with van der Waals surface area (Å²) in [5.74, 6) is 2.75. The van der Waals surface area contributed by atoms with Crippen LogP contribution in [0.15, 0.2) is 42.5 Å². The van der Waals surface area contributed by atoms with Crippen LogP contribution in [0, 0.1) is 56.7 Å². The van der Waals surface area contributed by atoms with Crippen molar-refractivity contribution in [1.29, 1.82) is 0 Å². The summed E-state index contributed by atoms with van der Waals surface area (Å²) < 4.78 is 0. The number of hydrogen-bond donors (Lipinski definition) is 2. The van der Waals surface area contributed by atoms with Gasteiger partial charge in [0.25, 0.3) is 0 Å². The molecule has 5 fully saturated rings. The largest absolute Gasteiger partial charge is 0.478 e. The van der Waals surface area contributed by atoms with Crippen LogP contribution in [0.3, 0.4) is 0 Å². The summed E-state index contributed by atoms with van der Waals surface area (Å²) in [6, 6.07) is 7.68. The first kappa shape index (κ1) is 35.5. The highest BCUT2D eigenvalue weighted by Gasteiger charge is 2.70. The van der Waals surface area contributed by atoms with Crippen molar-refractivity contribution in [3.05, 3.63) is 53.6 Å². The van der Waals surface area contributed by atoms with E-state index in [1.54, 1.807) is 12.1 Å². The lowest BCUT2D eigenvalue weighted by molar-refractivity contribution is -0.225. The SMILES string of the molecule is C=C(C)[C@@H]1CC[C@]2(CNCCCN3CCCCC3)CC[C@]3(C)[C@H](CC[C@@H]4[C@@]5(C)CC=C(c6ccc(C(=O)O)cc6)C(C)(C)[C@@H]5CC[C@]43C)[C@@H]12. The molecule has 0 radical (unpaired) electrons. The number of likely N-dealkylation sites (tertiary alicyclic amines) is 1. The lowest BCUT2D eigenvalue weighted by Crippen LogP contribution is -2.65. The molecule has 6 aliphatic rings. The quantitative estimate of drug-likeness (QED) is 0.203. The van der Waals surface area contributed by atoms with Gasteiger partial charge in [0.15, 0.2) is 0 Å². The number of rotatable bonds is 9. The third-order valence-electron chi connectivity index (χ3n) is 17.0. The molecule has 49 heavy (non-hydrogen) atoms. The fraction of sp³-hybridized carbons (Fsp3) is 0.756. The number of allylic oxidation sites excluding steroid dienone is 3. The Labute approximate surface area is 299 Å². The Bertz CT molecular complexity index is 1440. The van der Waals surface area contributed by atoms with E-state index >= 15 is 0 Å². The monoisotopic (exact) mass is 669 g/mol. The summed E-state index contributed by atoms with van der Waals surface area (Å²) in [4.78, 5) is 14.3. The van der Waals surface area contributed by atoms with E-state index in [1.807, 2.05) is 0 Å². The number of nitrogens with one attached hydrogen (secondary N) is 1. The van der Waals surface area contributed by atoms with Crippen LogP contribution in [0.1, 0.15) is 141 Å². The van der Waals surface area contributed by atoms with Crippen molar-refractivity contribution in [1.82, 2.24) is 10.2 Å². The van der Waals surface area contributed by atoms with E-state index in [2.05, 4.69) is 76.5 Å². The van der Waals surface area contributed by atoms with E-state index in [1.165, 1.54) is 126 Å². The zero-order valence-corrected chi connectivity index (χ0v) is 32.0. The van der Waals surface area contributed by atoms with Crippen molar-refractivity contribution in [3.8, 4) is 0 Å². The first-order valence-electron chi connectivity index (χ1n) is 20.4. The maximum atomic E-state index is 11.6. The molecule has 4 nitrogen and oxygen atoms in total. The second-order valence-electron chi connectivity index (χ2n) is 19.4. The molecule has 1 aromatic rings. The van der Waals surface area contributed by atoms with Crippen LogP contribution in [-0.4, -0.2) is 48.7 Å². The highest BCUT2D eigenvalue weighted by molar-refractivity contribution is 5.88. The lowest BCUT2D eigenvalue weighted by Gasteiger charge is -2.72. The number of nitrogens with zero attached hydrogens (tertiary/aromatic N) is 1. The van der Waals surface area contributed by atoms with Gasteiger partial charge in [0.2, 0.25) is 0 Å². The standard InChI is InChI=1S/C45H68N2O2/c1-31(2)34-18-23-45(30-46-26-11-29-47-27-9-8-10-28-47)25-24-43(6)36(39(34)45)16-17-38-42(5)21-19-35(32-12-14-33(15-13-32)40(48)49)41(3,4)37(42)20-22-44(38,43)7/h12-15,19,34,36-39,46H,1,8-11,16-18,20-30H2,2-7H3,(H,48,49)/t34-,36+,37-,38+,39+,42-,43+,44+,45+/m0/s1. The molecule has 1 aromatic carbocycles. The van der Waals surface area contributed by atoms with Gasteiger partial charge in [0.05, 0.1) is 5.56 Å². The number of fused-ring (bicyclic) bond motifs is 7. The van der Waals surface area contributed by atoms with Gasteiger partial charge in [-0.3, -0.25) is 0 Å². The van der Waals surface area contributed by atoms with Gasteiger partial charge in [-0.1, -0.05) is 71.4 Å². The molecule has 0 amide bonds. The molecule has 7 rings (SSSR count). The first-order valence-corrected chi connectivity index (χ1v) is 20.4. The molecule has 270 valence electrons. The number of hydrogen-bond acceptors (Lipinski definition) is 3. The van der Waals surface area contributed by atoms with Crippen molar-refractivity contribution in [2.45, 2.75) is 125 Å². The van der Waals surface area contributed by atoms with Crippen LogP contribution in [0.5, 0.6) is 0 Å². The van der Waals surface area contributed by atoms with Crippen LogP contribution < -0.4 is 5.32 Å². The average molecular weight is 669 g/mol. The molecular formula is C45H68N2O2. The molecular weight excluding hydrogens is 601 g/mol. The van der Waals surface area contributed by atoms with Gasteiger partial charge in [-0.15, -0.1) is 0 Å². The van der Waals surface area contributed by atoms with Crippen molar-refractivity contribution in [2.75, 3.05) is 32.7 Å². The normalized spacial score (nSPS) is 41.5. The highest BCUT2D eigenvalue weighted by Crippen LogP contribution is 2.77. The van der Waals surface area contributed by atoms with E-state index in [9.17, 15) is 9.90 Å². The van der Waals surface area contributed by atoms with Gasteiger partial charge in [-0.25, -0.2) is 4.79 Å². The number of carboxylic acids is 1. The number of benzene rings is 1. The number of carbonyl (C=O) groups is 1. The van der Waals surface area contributed by atoms with E-state index in [0.29, 0.717) is 33.6 Å². The van der Waals surface area contributed by atoms with Crippen LogP contribution in [0.4, 0.5) is 0 Å². The van der Waals surface area contributed by atoms with E-state index in [0.717, 1.165) is 24.2 Å². The van der Waals surface area contributed by atoms with Gasteiger partial charge in [-0.05, 0) is 190 Å². The first-order chi connectivity index (χ1) is 23.3. The minimum atomic E-state index is -0.849. The molecule has 2 N–H and O–H groups in total. The predicted octanol–water partition coefficient (Wildman–Crippen LogP) is 10.5. The van der Waals surface area contributed by atoms with E-state index < -0.39 is 5.97 Å². The van der Waals surface area contributed by atoms with Crippen LogP contribution in [0.25, 0.3) is 5.57 Å². The Balaban J connectivity index is 1.12. The molecule has 0 spiro atoms. The summed E-state index contributed by atoms with van der Waals surface area (Å²) in [6.07, 6.45) is 20.1. The minimum absolute atomic E-state index is 0.0503. The topological polar surface area (TPSA) is 52.6 Å². The average Bonchev–Trinajstić information content (AvgIpc) is 3.45. The maximum absolute atomic E-state index is 11.6. The van der Waals surface area contributed by atoms with Gasteiger partial charge in [0.1, 0.15) is 0 Å². The fourth-order valence-corrected chi connectivity index (χ4v) is 14.4. The van der Waals surface area contributed by atoms with Gasteiger partial charge in [0, 0.05) is 6.54 Å². The van der Waals surface area contributed by atoms with E-state index in [-0.39, 0.29) is 10.8 Å². The van der Waals surface area contributed by atoms with Crippen molar-refractivity contribution >= 4 is 11.5 Å². The molecule has 4 heteroatoms. The highest BCUT2D eigenvalue weighted by atomic mass is 16.4. The molecule has 1 heterocycles. The van der Waals surface area contributed by atoms with Crippen LogP contribution in [0.2, 0.25) is 0 Å². The Hall–Kier alpha value is -1.91. The number of piperidine rings is 1. The summed E-state index contributed by atoms with van der Waals surface area (Å²) in [7, 11) is 0. The molecule has 4 saturated carbocycles. The van der Waals surface area contributed by atoms with Crippen molar-refractivity contribution in [2.24, 2.45) is 56.7 Å². The summed E-state index contributed by atoms with van der Waals surface area (Å²) >= 11 is 0. The van der Waals surface area contributed by atoms with Gasteiger partial charge in [-0.2, -0.15) is 0 Å². The molecule has 1 aliphatic heterocycles. The minimum Gasteiger partial charge on any atom is -0.478 e. The summed E-state index contributed by atoms with van der Waals surface area (Å²) in [6.45, 7) is 26.5. The van der Waals surface area contributed by atoms with Gasteiger partial charge >= 0.3 is 5.97 Å². The molecule has 1 saturated heterocycles. The number of carboxylic acid groups (broad SMARTS) is 1. The third kappa shape index (κ3) is 5.64. The van der Waals surface area contributed by atoms with E-state index in [4.69, 9.17) is 0 Å². The Morgan fingerprint density at radius 1 is 0.898 bits per heavy atom.